The minimum atomic E-state index is -0.972. The molecule has 0 aliphatic carbocycles. The van der Waals surface area contributed by atoms with Gasteiger partial charge < -0.3 is 0 Å². The first-order valence-corrected chi connectivity index (χ1v) is 5.59. The van der Waals surface area contributed by atoms with Crippen LogP contribution >= 0.6 is 0 Å². The molecule has 0 radical (unpaired) electrons. The van der Waals surface area contributed by atoms with Crippen LogP contribution in [0.4, 0.5) is 0 Å². The number of nitrogens with zero attached hydrogens (tertiary/aromatic N) is 1. The third-order valence-electron chi connectivity index (χ3n) is 1.79. The van der Waals surface area contributed by atoms with E-state index in [9.17, 15) is 13.8 Å². The molecule has 1 rings (SSSR count). The lowest BCUT2D eigenvalue weighted by Gasteiger charge is -2.12. The minimum Gasteiger partial charge on any atom is -0.274 e. The number of hydrogen-bond acceptors (Lipinski definition) is 3. The average molecular weight is 201 g/mol. The van der Waals surface area contributed by atoms with E-state index in [1.165, 1.54) is 6.08 Å². The van der Waals surface area contributed by atoms with Crippen LogP contribution in [0, 0.1) is 0 Å². The van der Waals surface area contributed by atoms with Crippen molar-refractivity contribution in [1.29, 1.82) is 0 Å². The molecule has 1 unspecified atom stereocenters. The second-order valence-electron chi connectivity index (χ2n) is 2.90. The molecular weight excluding hydrogens is 190 g/mol. The minimum absolute atomic E-state index is 0.245. The predicted molar refractivity (Wildman–Crippen MR) is 49.4 cm³/mol. The fraction of sp³-hybridized carbons (Fsp3) is 0.500. The molecule has 0 aromatic rings. The van der Waals surface area contributed by atoms with E-state index in [1.54, 1.807) is 13.2 Å². The number of hydrogen-bond donors (Lipinski definition) is 0. The molecule has 0 spiro atoms. The van der Waals surface area contributed by atoms with Crippen molar-refractivity contribution in [3.8, 4) is 0 Å². The Morgan fingerprint density at radius 2 is 2.08 bits per heavy atom. The fourth-order valence-electron chi connectivity index (χ4n) is 1.07. The van der Waals surface area contributed by atoms with E-state index >= 15 is 0 Å². The quantitative estimate of drug-likeness (QED) is 0.588. The molecule has 0 saturated heterocycles. The Kier molecular flexibility index (Phi) is 2.98. The van der Waals surface area contributed by atoms with Crippen LogP contribution in [0.5, 0.6) is 0 Å². The van der Waals surface area contributed by atoms with Crippen LogP contribution in [-0.2, 0) is 20.4 Å². The Morgan fingerprint density at radius 1 is 1.46 bits per heavy atom. The zero-order valence-corrected chi connectivity index (χ0v) is 8.39. The summed E-state index contributed by atoms with van der Waals surface area (Å²) in [5, 5.41) is 0. The van der Waals surface area contributed by atoms with Crippen molar-refractivity contribution in [1.82, 2.24) is 4.90 Å². The van der Waals surface area contributed by atoms with Crippen LogP contribution in [-0.4, -0.2) is 39.5 Å². The van der Waals surface area contributed by atoms with Crippen molar-refractivity contribution in [2.75, 3.05) is 18.6 Å². The van der Waals surface area contributed by atoms with Gasteiger partial charge in [-0.2, -0.15) is 0 Å². The summed E-state index contributed by atoms with van der Waals surface area (Å²) in [6.07, 6.45) is 2.85. The van der Waals surface area contributed by atoms with Crippen LogP contribution in [0.2, 0.25) is 0 Å². The van der Waals surface area contributed by atoms with Crippen LogP contribution < -0.4 is 0 Å². The van der Waals surface area contributed by atoms with Gasteiger partial charge in [-0.15, -0.1) is 0 Å². The van der Waals surface area contributed by atoms with Crippen molar-refractivity contribution in [3.63, 3.8) is 0 Å². The van der Waals surface area contributed by atoms with Crippen LogP contribution in [0.25, 0.3) is 0 Å². The Morgan fingerprint density at radius 3 is 2.46 bits per heavy atom. The van der Waals surface area contributed by atoms with Gasteiger partial charge >= 0.3 is 0 Å². The van der Waals surface area contributed by atoms with E-state index in [4.69, 9.17) is 0 Å². The second kappa shape index (κ2) is 3.83. The highest BCUT2D eigenvalue weighted by molar-refractivity contribution is 7.84. The lowest BCUT2D eigenvalue weighted by molar-refractivity contribution is -0.136. The topological polar surface area (TPSA) is 54.5 Å². The zero-order valence-electron chi connectivity index (χ0n) is 7.57. The summed E-state index contributed by atoms with van der Waals surface area (Å²) in [5.41, 5.74) is 0.451. The smallest absolute Gasteiger partial charge is 0.256 e. The summed E-state index contributed by atoms with van der Waals surface area (Å²) in [7, 11) is -0.972. The molecule has 1 aliphatic rings. The monoisotopic (exact) mass is 201 g/mol. The summed E-state index contributed by atoms with van der Waals surface area (Å²) in [6.45, 7) is 1.85. The van der Waals surface area contributed by atoms with Crippen LogP contribution in [0.1, 0.15) is 6.92 Å². The maximum atomic E-state index is 11.3. The maximum absolute atomic E-state index is 11.3. The van der Waals surface area contributed by atoms with Gasteiger partial charge in [0.25, 0.3) is 11.8 Å². The summed E-state index contributed by atoms with van der Waals surface area (Å²) < 4.78 is 10.7. The van der Waals surface area contributed by atoms with Gasteiger partial charge in [0.15, 0.2) is 0 Å². The average Bonchev–Trinajstić information content (AvgIpc) is 2.24. The Balaban J connectivity index is 2.59. The highest BCUT2D eigenvalue weighted by atomic mass is 32.2. The third kappa shape index (κ3) is 2.24. The van der Waals surface area contributed by atoms with Gasteiger partial charge in [-0.25, -0.2) is 0 Å². The largest absolute Gasteiger partial charge is 0.274 e. The molecule has 0 aromatic carbocycles. The van der Waals surface area contributed by atoms with Gasteiger partial charge in [0.1, 0.15) is 0 Å². The Bertz CT molecular complexity index is 309. The van der Waals surface area contributed by atoms with E-state index in [-0.39, 0.29) is 18.4 Å². The summed E-state index contributed by atoms with van der Waals surface area (Å²) in [5.74, 6) is -0.220. The van der Waals surface area contributed by atoms with Gasteiger partial charge in [-0.05, 0) is 6.92 Å². The molecule has 0 saturated carbocycles. The molecular formula is C8H11NO3S. The lowest BCUT2D eigenvalue weighted by Crippen LogP contribution is -2.34. The summed E-state index contributed by atoms with van der Waals surface area (Å²) in [6, 6.07) is 0. The molecule has 1 aliphatic heterocycles. The van der Waals surface area contributed by atoms with E-state index < -0.39 is 10.8 Å². The second-order valence-corrected chi connectivity index (χ2v) is 4.45. The standard InChI is InChI=1S/C8H11NO3S/c1-6-5-7(10)9(8(6)11)3-4-13(2)12/h5H,3-4H2,1-2H3. The van der Waals surface area contributed by atoms with Crippen molar-refractivity contribution >= 4 is 22.6 Å². The number of rotatable bonds is 3. The van der Waals surface area contributed by atoms with E-state index in [1.807, 2.05) is 0 Å². The highest BCUT2D eigenvalue weighted by Gasteiger charge is 2.27. The maximum Gasteiger partial charge on any atom is 0.256 e. The normalized spacial score (nSPS) is 19.2. The van der Waals surface area contributed by atoms with E-state index in [0.717, 1.165) is 4.90 Å². The third-order valence-corrected chi connectivity index (χ3v) is 2.55. The molecule has 13 heavy (non-hydrogen) atoms. The van der Waals surface area contributed by atoms with Crippen molar-refractivity contribution in [2.45, 2.75) is 6.92 Å². The Hall–Kier alpha value is -0.970. The molecule has 72 valence electrons. The molecule has 0 bridgehead atoms. The molecule has 0 fully saturated rings. The van der Waals surface area contributed by atoms with Crippen molar-refractivity contribution in [2.24, 2.45) is 0 Å². The van der Waals surface area contributed by atoms with Crippen molar-refractivity contribution in [3.05, 3.63) is 11.6 Å². The molecule has 0 aromatic heterocycles. The van der Waals surface area contributed by atoms with Crippen molar-refractivity contribution < 1.29 is 13.8 Å². The fourth-order valence-corrected chi connectivity index (χ4v) is 1.51. The number of imide groups is 1. The first-order chi connectivity index (χ1) is 6.02. The predicted octanol–water partition coefficient (Wildman–Crippen LogP) is -0.320. The molecule has 1 heterocycles. The van der Waals surface area contributed by atoms with Crippen LogP contribution in [0.15, 0.2) is 11.6 Å². The zero-order chi connectivity index (χ0) is 10.0. The van der Waals surface area contributed by atoms with Crippen LogP contribution in [0.3, 0.4) is 0 Å². The number of amides is 2. The Labute approximate surface area is 79.1 Å². The van der Waals surface area contributed by atoms with E-state index in [2.05, 4.69) is 0 Å². The van der Waals surface area contributed by atoms with E-state index in [0.29, 0.717) is 11.3 Å². The molecule has 4 nitrogen and oxygen atoms in total. The van der Waals surface area contributed by atoms with Gasteiger partial charge in [0, 0.05) is 41.0 Å². The SMILES string of the molecule is CC1=CC(=O)N(CCS(C)=O)C1=O. The molecule has 0 N–H and O–H groups in total. The summed E-state index contributed by atoms with van der Waals surface area (Å²) >= 11 is 0. The molecule has 2 amide bonds. The van der Waals surface area contributed by atoms with Gasteiger partial charge in [0.05, 0.1) is 0 Å². The lowest BCUT2D eigenvalue weighted by atomic mass is 10.3. The first-order valence-electron chi connectivity index (χ1n) is 3.86. The molecule has 5 heteroatoms. The highest BCUT2D eigenvalue weighted by Crippen LogP contribution is 2.10. The first kappa shape index (κ1) is 10.1. The number of carbonyl (C=O) groups is 2. The van der Waals surface area contributed by atoms with Gasteiger partial charge in [-0.3, -0.25) is 18.7 Å². The number of carbonyl (C=O) groups excluding carboxylic acids is 2. The summed E-state index contributed by atoms with van der Waals surface area (Å²) in [4.78, 5) is 23.5. The molecule has 1 atom stereocenters. The van der Waals surface area contributed by atoms with Gasteiger partial charge in [0.2, 0.25) is 0 Å². The van der Waals surface area contributed by atoms with Gasteiger partial charge in [-0.1, -0.05) is 0 Å².